The number of hydrogen-bond acceptors (Lipinski definition) is 5. The van der Waals surface area contributed by atoms with Gasteiger partial charge in [-0.1, -0.05) is 11.6 Å². The molecule has 0 aliphatic carbocycles. The summed E-state index contributed by atoms with van der Waals surface area (Å²) in [4.78, 5) is -0.140. The van der Waals surface area contributed by atoms with Crippen molar-refractivity contribution >= 4 is 37.3 Å². The minimum atomic E-state index is -3.86. The van der Waals surface area contributed by atoms with Gasteiger partial charge in [-0.3, -0.25) is 0 Å². The fourth-order valence-corrected chi connectivity index (χ4v) is 3.28. The van der Waals surface area contributed by atoms with Gasteiger partial charge in [0.25, 0.3) is 0 Å². The molecule has 0 saturated heterocycles. The number of rotatable bonds is 6. The van der Waals surface area contributed by atoms with Crippen molar-refractivity contribution in [2.24, 2.45) is 0 Å². The van der Waals surface area contributed by atoms with Crippen LogP contribution in [0.3, 0.4) is 0 Å². The fourth-order valence-electron chi connectivity index (χ4n) is 1.25. The normalized spacial score (nSPS) is 12.5. The summed E-state index contributed by atoms with van der Waals surface area (Å²) in [6.45, 7) is -0.256. The van der Waals surface area contributed by atoms with E-state index < -0.39 is 20.0 Å². The van der Waals surface area contributed by atoms with Crippen LogP contribution in [0, 0.1) is 0 Å². The number of hydrogen-bond donors (Lipinski definition) is 3. The first-order valence-electron chi connectivity index (χ1n) is 5.14. The maximum absolute atomic E-state index is 11.9. The van der Waals surface area contributed by atoms with Crippen molar-refractivity contribution in [2.45, 2.75) is 4.90 Å². The van der Waals surface area contributed by atoms with Crippen molar-refractivity contribution in [3.63, 3.8) is 0 Å². The molecule has 0 radical (unpaired) electrons. The van der Waals surface area contributed by atoms with E-state index in [-0.39, 0.29) is 22.9 Å². The number of halogens is 1. The lowest BCUT2D eigenvalue weighted by Crippen LogP contribution is -2.33. The van der Waals surface area contributed by atoms with Gasteiger partial charge in [-0.15, -0.1) is 0 Å². The highest BCUT2D eigenvalue weighted by molar-refractivity contribution is 7.90. The molecular formula is C9H14ClN3O4S2. The molecule has 0 atom stereocenters. The minimum absolute atomic E-state index is 0.00327. The highest BCUT2D eigenvalue weighted by Gasteiger charge is 2.18. The van der Waals surface area contributed by atoms with Crippen molar-refractivity contribution in [1.29, 1.82) is 0 Å². The number of nitrogen functional groups attached to an aromatic ring is 1. The SMILES string of the molecule is CNS(=O)(=O)CCNS(=O)(=O)c1ccc(Cl)cc1N. The number of nitrogens with two attached hydrogens (primary N) is 1. The zero-order chi connectivity index (χ0) is 14.7. The Morgan fingerprint density at radius 3 is 2.42 bits per heavy atom. The quantitative estimate of drug-likeness (QED) is 0.623. The average Bonchev–Trinajstić information content (AvgIpc) is 2.27. The Morgan fingerprint density at radius 2 is 1.89 bits per heavy atom. The van der Waals surface area contributed by atoms with Crippen LogP contribution in [0.4, 0.5) is 5.69 Å². The average molecular weight is 328 g/mol. The molecule has 7 nitrogen and oxygen atoms in total. The molecule has 0 amide bonds. The van der Waals surface area contributed by atoms with Gasteiger partial charge in [0.1, 0.15) is 4.90 Å². The van der Waals surface area contributed by atoms with Crippen molar-refractivity contribution in [1.82, 2.24) is 9.44 Å². The van der Waals surface area contributed by atoms with E-state index in [1.54, 1.807) is 0 Å². The fraction of sp³-hybridized carbons (Fsp3) is 0.333. The largest absolute Gasteiger partial charge is 0.398 e. The van der Waals surface area contributed by atoms with E-state index in [4.69, 9.17) is 17.3 Å². The molecule has 0 unspecified atom stereocenters. The number of sulfonamides is 2. The molecule has 0 saturated carbocycles. The summed E-state index contributed by atoms with van der Waals surface area (Å²) in [5.74, 6) is -0.365. The Morgan fingerprint density at radius 1 is 1.26 bits per heavy atom. The van der Waals surface area contributed by atoms with Crippen LogP contribution in [0.2, 0.25) is 5.02 Å². The summed E-state index contributed by atoms with van der Waals surface area (Å²) in [7, 11) is -6.08. The Bertz CT molecular complexity index is 658. The zero-order valence-corrected chi connectivity index (χ0v) is 12.4. The third-order valence-electron chi connectivity index (χ3n) is 2.24. The monoisotopic (exact) mass is 327 g/mol. The third-order valence-corrected chi connectivity index (χ3v) is 5.37. The molecule has 10 heteroatoms. The first-order chi connectivity index (χ1) is 8.68. The Labute approximate surface area is 117 Å². The lowest BCUT2D eigenvalue weighted by molar-refractivity contribution is 0.579. The van der Waals surface area contributed by atoms with Gasteiger partial charge in [-0.05, 0) is 25.2 Å². The van der Waals surface area contributed by atoms with Gasteiger partial charge in [0.2, 0.25) is 20.0 Å². The smallest absolute Gasteiger partial charge is 0.242 e. The molecule has 1 rings (SSSR count). The molecule has 0 aliphatic rings. The van der Waals surface area contributed by atoms with Crippen LogP contribution in [0.25, 0.3) is 0 Å². The lowest BCUT2D eigenvalue weighted by atomic mass is 10.3. The summed E-state index contributed by atoms with van der Waals surface area (Å²) < 4.78 is 50.3. The molecule has 108 valence electrons. The second-order valence-electron chi connectivity index (χ2n) is 3.60. The highest BCUT2D eigenvalue weighted by Crippen LogP contribution is 2.21. The summed E-state index contributed by atoms with van der Waals surface area (Å²) >= 11 is 5.67. The van der Waals surface area contributed by atoms with Crippen molar-refractivity contribution < 1.29 is 16.8 Å². The van der Waals surface area contributed by atoms with Crippen LogP contribution in [0.1, 0.15) is 0 Å². The second kappa shape index (κ2) is 6.06. The van der Waals surface area contributed by atoms with Crippen molar-refractivity contribution in [2.75, 3.05) is 25.1 Å². The van der Waals surface area contributed by atoms with Crippen molar-refractivity contribution in [3.05, 3.63) is 23.2 Å². The molecule has 0 bridgehead atoms. The van der Waals surface area contributed by atoms with E-state index in [0.717, 1.165) is 0 Å². The lowest BCUT2D eigenvalue weighted by Gasteiger charge is -2.09. The van der Waals surface area contributed by atoms with E-state index in [1.165, 1.54) is 25.2 Å². The maximum atomic E-state index is 11.9. The predicted octanol–water partition coefficient (Wildman–Crippen LogP) is -0.250. The molecular weight excluding hydrogens is 314 g/mol. The van der Waals surface area contributed by atoms with Crippen LogP contribution in [0.15, 0.2) is 23.1 Å². The summed E-state index contributed by atoms with van der Waals surface area (Å²) in [5, 5.41) is 0.314. The third kappa shape index (κ3) is 4.62. The second-order valence-corrected chi connectivity index (χ2v) is 7.82. The standard InChI is InChI=1S/C9H14ClN3O4S2/c1-12-18(14,15)5-4-13-19(16,17)9-3-2-7(10)6-8(9)11/h2-3,6,12-13H,4-5,11H2,1H3. The molecule has 0 aromatic heterocycles. The zero-order valence-electron chi connectivity index (χ0n) is 10.1. The van der Waals surface area contributed by atoms with E-state index in [2.05, 4.69) is 9.44 Å². The molecule has 0 heterocycles. The van der Waals surface area contributed by atoms with Gasteiger partial charge < -0.3 is 5.73 Å². The topological polar surface area (TPSA) is 118 Å². The van der Waals surface area contributed by atoms with Crippen LogP contribution in [0.5, 0.6) is 0 Å². The molecule has 4 N–H and O–H groups in total. The molecule has 1 aromatic carbocycles. The van der Waals surface area contributed by atoms with Crippen LogP contribution in [-0.4, -0.2) is 36.2 Å². The molecule has 0 aliphatic heterocycles. The first-order valence-corrected chi connectivity index (χ1v) is 8.65. The molecule has 0 fully saturated rings. The number of benzene rings is 1. The Balaban J connectivity index is 2.82. The van der Waals surface area contributed by atoms with Gasteiger partial charge in [-0.25, -0.2) is 26.3 Å². The summed E-state index contributed by atoms with van der Waals surface area (Å²) in [6.07, 6.45) is 0. The Hall–Kier alpha value is -0.870. The molecule has 1 aromatic rings. The molecule has 19 heavy (non-hydrogen) atoms. The van der Waals surface area contributed by atoms with Gasteiger partial charge in [0.15, 0.2) is 0 Å². The van der Waals surface area contributed by atoms with Crippen LogP contribution < -0.4 is 15.2 Å². The van der Waals surface area contributed by atoms with E-state index in [9.17, 15) is 16.8 Å². The van der Waals surface area contributed by atoms with E-state index in [1.807, 2.05) is 0 Å². The first kappa shape index (κ1) is 16.2. The minimum Gasteiger partial charge on any atom is -0.398 e. The number of anilines is 1. The van der Waals surface area contributed by atoms with Gasteiger partial charge in [0.05, 0.1) is 11.4 Å². The highest BCUT2D eigenvalue weighted by atomic mass is 35.5. The van der Waals surface area contributed by atoms with Gasteiger partial charge >= 0.3 is 0 Å². The van der Waals surface area contributed by atoms with Crippen molar-refractivity contribution in [3.8, 4) is 0 Å². The van der Waals surface area contributed by atoms with Gasteiger partial charge in [0, 0.05) is 11.6 Å². The Kier molecular flexibility index (Phi) is 5.16. The van der Waals surface area contributed by atoms with Crippen LogP contribution in [-0.2, 0) is 20.0 Å². The van der Waals surface area contributed by atoms with Crippen LogP contribution >= 0.6 is 11.6 Å². The van der Waals surface area contributed by atoms with E-state index in [0.29, 0.717) is 5.02 Å². The summed E-state index contributed by atoms with van der Waals surface area (Å²) in [5.41, 5.74) is 5.55. The van der Waals surface area contributed by atoms with E-state index >= 15 is 0 Å². The maximum Gasteiger partial charge on any atom is 0.242 e. The predicted molar refractivity (Wildman–Crippen MR) is 73.9 cm³/mol. The van der Waals surface area contributed by atoms with Gasteiger partial charge in [-0.2, -0.15) is 0 Å². The molecule has 0 spiro atoms. The summed E-state index contributed by atoms with van der Waals surface area (Å²) in [6, 6.07) is 3.95. The number of nitrogens with one attached hydrogen (secondary N) is 2.